The van der Waals surface area contributed by atoms with Crippen molar-refractivity contribution in [2.75, 3.05) is 0 Å². The number of aryl methyl sites for hydroxylation is 1. The SMILES string of the molecule is Cc1cc(C(=O)NC(C)c2cc(C(F)(F)F)ccc2F)cc(CC(=O)C(C)C)n1. The van der Waals surface area contributed by atoms with Crippen molar-refractivity contribution < 1.29 is 27.2 Å². The van der Waals surface area contributed by atoms with E-state index in [1.807, 2.05) is 0 Å². The summed E-state index contributed by atoms with van der Waals surface area (Å²) in [6.07, 6.45) is -4.55. The molecule has 8 heteroatoms. The fourth-order valence-electron chi connectivity index (χ4n) is 2.75. The lowest BCUT2D eigenvalue weighted by molar-refractivity contribution is -0.137. The molecule has 2 rings (SSSR count). The van der Waals surface area contributed by atoms with Crippen molar-refractivity contribution in [1.82, 2.24) is 10.3 Å². The van der Waals surface area contributed by atoms with E-state index in [4.69, 9.17) is 0 Å². The maximum absolute atomic E-state index is 14.0. The van der Waals surface area contributed by atoms with Crippen molar-refractivity contribution in [2.45, 2.75) is 46.3 Å². The van der Waals surface area contributed by atoms with Crippen molar-refractivity contribution in [3.63, 3.8) is 0 Å². The number of carbonyl (C=O) groups excluding carboxylic acids is 2. The van der Waals surface area contributed by atoms with Crippen LogP contribution < -0.4 is 5.32 Å². The third-order valence-electron chi connectivity index (χ3n) is 4.41. The van der Waals surface area contributed by atoms with Crippen molar-refractivity contribution in [3.8, 4) is 0 Å². The van der Waals surface area contributed by atoms with Gasteiger partial charge in [-0.05, 0) is 44.2 Å². The first-order chi connectivity index (χ1) is 13.4. The summed E-state index contributed by atoms with van der Waals surface area (Å²) in [4.78, 5) is 28.8. The summed E-state index contributed by atoms with van der Waals surface area (Å²) in [6.45, 7) is 6.58. The second-order valence-corrected chi connectivity index (χ2v) is 7.22. The van der Waals surface area contributed by atoms with Crippen LogP contribution in [-0.4, -0.2) is 16.7 Å². The molecule has 0 bridgehead atoms. The van der Waals surface area contributed by atoms with Crippen LogP contribution in [0.2, 0.25) is 0 Å². The molecule has 1 aromatic heterocycles. The van der Waals surface area contributed by atoms with E-state index in [-0.39, 0.29) is 29.2 Å². The highest BCUT2D eigenvalue weighted by atomic mass is 19.4. The number of benzene rings is 1. The summed E-state index contributed by atoms with van der Waals surface area (Å²) < 4.78 is 52.7. The largest absolute Gasteiger partial charge is 0.416 e. The summed E-state index contributed by atoms with van der Waals surface area (Å²) in [5.74, 6) is -1.66. The van der Waals surface area contributed by atoms with Crippen LogP contribution in [0.4, 0.5) is 17.6 Å². The number of rotatable bonds is 6. The zero-order chi connectivity index (χ0) is 21.9. The summed E-state index contributed by atoms with van der Waals surface area (Å²) >= 11 is 0. The molecule has 1 aromatic carbocycles. The fraction of sp³-hybridized carbons (Fsp3) is 0.381. The molecule has 0 radical (unpaired) electrons. The monoisotopic (exact) mass is 410 g/mol. The lowest BCUT2D eigenvalue weighted by atomic mass is 10.0. The van der Waals surface area contributed by atoms with Gasteiger partial charge in [0.25, 0.3) is 5.91 Å². The number of alkyl halides is 3. The predicted octanol–water partition coefficient (Wildman–Crippen LogP) is 4.81. The Bertz CT molecular complexity index is 923. The van der Waals surface area contributed by atoms with Gasteiger partial charge in [-0.15, -0.1) is 0 Å². The number of nitrogens with one attached hydrogen (secondary N) is 1. The van der Waals surface area contributed by atoms with Gasteiger partial charge in [0, 0.05) is 34.9 Å². The van der Waals surface area contributed by atoms with Crippen molar-refractivity contribution in [2.24, 2.45) is 5.92 Å². The third-order valence-corrected chi connectivity index (χ3v) is 4.41. The number of halogens is 4. The van der Waals surface area contributed by atoms with Gasteiger partial charge >= 0.3 is 6.18 Å². The number of pyridine rings is 1. The number of ketones is 1. The summed E-state index contributed by atoms with van der Waals surface area (Å²) in [7, 11) is 0. The van der Waals surface area contributed by atoms with E-state index >= 15 is 0 Å². The second-order valence-electron chi connectivity index (χ2n) is 7.22. The minimum atomic E-state index is -4.62. The molecular weight excluding hydrogens is 388 g/mol. The van der Waals surface area contributed by atoms with E-state index in [2.05, 4.69) is 10.3 Å². The van der Waals surface area contributed by atoms with Gasteiger partial charge in [-0.2, -0.15) is 13.2 Å². The predicted molar refractivity (Wildman–Crippen MR) is 99.8 cm³/mol. The number of nitrogens with zero attached hydrogens (tertiary/aromatic N) is 1. The van der Waals surface area contributed by atoms with Crippen molar-refractivity contribution in [1.29, 1.82) is 0 Å². The Kier molecular flexibility index (Phi) is 6.77. The first kappa shape index (κ1) is 22.5. The highest BCUT2D eigenvalue weighted by Crippen LogP contribution is 2.32. The van der Waals surface area contributed by atoms with Crippen molar-refractivity contribution >= 4 is 11.7 Å². The molecule has 0 saturated heterocycles. The maximum atomic E-state index is 14.0. The van der Waals surface area contributed by atoms with Crippen LogP contribution >= 0.6 is 0 Å². The molecule has 0 aliphatic carbocycles. The van der Waals surface area contributed by atoms with Gasteiger partial charge in [0.1, 0.15) is 11.6 Å². The van der Waals surface area contributed by atoms with Crippen LogP contribution in [0.1, 0.15) is 59.7 Å². The highest BCUT2D eigenvalue weighted by Gasteiger charge is 2.31. The topological polar surface area (TPSA) is 59.1 Å². The number of carbonyl (C=O) groups is 2. The molecule has 1 unspecified atom stereocenters. The zero-order valence-corrected chi connectivity index (χ0v) is 16.5. The number of Topliss-reactive ketones (excluding diaryl/α,β-unsaturated/α-hetero) is 1. The quantitative estimate of drug-likeness (QED) is 0.696. The Labute approximate surface area is 166 Å². The highest BCUT2D eigenvalue weighted by molar-refractivity contribution is 5.95. The molecule has 0 fully saturated rings. The Morgan fingerprint density at radius 3 is 2.34 bits per heavy atom. The van der Waals surface area contributed by atoms with Gasteiger partial charge in [0.15, 0.2) is 0 Å². The summed E-state index contributed by atoms with van der Waals surface area (Å²) in [5, 5.41) is 2.50. The van der Waals surface area contributed by atoms with Crippen LogP contribution in [0.15, 0.2) is 30.3 Å². The molecule has 1 heterocycles. The number of hydrogen-bond acceptors (Lipinski definition) is 3. The van der Waals surface area contributed by atoms with Crippen LogP contribution in [0.25, 0.3) is 0 Å². The van der Waals surface area contributed by atoms with Crippen LogP contribution in [0.5, 0.6) is 0 Å². The Morgan fingerprint density at radius 2 is 1.76 bits per heavy atom. The van der Waals surface area contributed by atoms with E-state index in [1.54, 1.807) is 20.8 Å². The first-order valence-electron chi connectivity index (χ1n) is 9.06. The third kappa shape index (κ3) is 5.85. The zero-order valence-electron chi connectivity index (χ0n) is 16.5. The second kappa shape index (κ2) is 8.71. The lowest BCUT2D eigenvalue weighted by Gasteiger charge is -2.17. The van der Waals surface area contributed by atoms with E-state index in [0.717, 1.165) is 6.07 Å². The average molecular weight is 410 g/mol. The van der Waals surface area contributed by atoms with Crippen molar-refractivity contribution in [3.05, 3.63) is 64.2 Å². The Hall–Kier alpha value is -2.77. The lowest BCUT2D eigenvalue weighted by Crippen LogP contribution is -2.28. The molecule has 156 valence electrons. The van der Waals surface area contributed by atoms with Crippen LogP contribution in [-0.2, 0) is 17.4 Å². The van der Waals surface area contributed by atoms with E-state index in [1.165, 1.54) is 19.1 Å². The molecular formula is C21H22F4N2O2. The van der Waals surface area contributed by atoms with Gasteiger partial charge in [-0.25, -0.2) is 4.39 Å². The van der Waals surface area contributed by atoms with E-state index in [9.17, 15) is 27.2 Å². The van der Waals surface area contributed by atoms with E-state index in [0.29, 0.717) is 23.5 Å². The number of amides is 1. The average Bonchev–Trinajstić information content (AvgIpc) is 2.60. The Balaban J connectivity index is 2.24. The normalized spacial score (nSPS) is 12.7. The van der Waals surface area contributed by atoms with Gasteiger partial charge in [0.05, 0.1) is 11.6 Å². The summed E-state index contributed by atoms with van der Waals surface area (Å²) in [5.41, 5.74) is -0.129. The smallest absolute Gasteiger partial charge is 0.345 e. The summed E-state index contributed by atoms with van der Waals surface area (Å²) in [6, 6.07) is 4.01. The standard InChI is InChI=1S/C21H22F4N2O2/c1-11(2)19(28)10-16-8-14(7-12(3)26-16)20(29)27-13(4)17-9-15(21(23,24)25)5-6-18(17)22/h5-9,11,13H,10H2,1-4H3,(H,27,29). The molecule has 0 saturated carbocycles. The fourth-order valence-corrected chi connectivity index (χ4v) is 2.75. The molecule has 29 heavy (non-hydrogen) atoms. The van der Waals surface area contributed by atoms with Crippen LogP contribution in [0.3, 0.4) is 0 Å². The first-order valence-corrected chi connectivity index (χ1v) is 9.06. The minimum Gasteiger partial charge on any atom is -0.345 e. The Morgan fingerprint density at radius 1 is 1.10 bits per heavy atom. The van der Waals surface area contributed by atoms with Gasteiger partial charge < -0.3 is 5.32 Å². The minimum absolute atomic E-state index is 0.0335. The number of aromatic nitrogens is 1. The molecule has 2 aromatic rings. The van der Waals surface area contributed by atoms with E-state index < -0.39 is 29.5 Å². The molecule has 1 atom stereocenters. The van der Waals surface area contributed by atoms with Gasteiger partial charge in [-0.1, -0.05) is 13.8 Å². The molecule has 1 N–H and O–H groups in total. The molecule has 4 nitrogen and oxygen atoms in total. The molecule has 0 aliphatic rings. The van der Waals surface area contributed by atoms with Gasteiger partial charge in [-0.3, -0.25) is 14.6 Å². The molecule has 1 amide bonds. The number of hydrogen-bond donors (Lipinski definition) is 1. The van der Waals surface area contributed by atoms with Gasteiger partial charge in [0.2, 0.25) is 0 Å². The molecule has 0 spiro atoms. The molecule has 0 aliphatic heterocycles. The maximum Gasteiger partial charge on any atom is 0.416 e. The van der Waals surface area contributed by atoms with Crippen LogP contribution in [0, 0.1) is 18.7 Å².